The van der Waals surface area contributed by atoms with E-state index < -0.39 is 0 Å². The van der Waals surface area contributed by atoms with Gasteiger partial charge in [0, 0.05) is 19.1 Å². The van der Waals surface area contributed by atoms with Gasteiger partial charge in [-0.15, -0.1) is 0 Å². The van der Waals surface area contributed by atoms with E-state index in [2.05, 4.69) is 51.8 Å². The van der Waals surface area contributed by atoms with Crippen LogP contribution in [-0.2, 0) is 0 Å². The lowest BCUT2D eigenvalue weighted by Gasteiger charge is -2.28. The first-order chi connectivity index (χ1) is 8.03. The van der Waals surface area contributed by atoms with Crippen LogP contribution in [0.2, 0.25) is 0 Å². The van der Waals surface area contributed by atoms with Crippen molar-refractivity contribution in [3.63, 3.8) is 0 Å². The molecule has 0 aromatic heterocycles. The van der Waals surface area contributed by atoms with Gasteiger partial charge < -0.3 is 10.2 Å². The molecular formula is C15H34N2. The molecule has 0 aliphatic carbocycles. The molecule has 0 amide bonds. The van der Waals surface area contributed by atoms with Crippen molar-refractivity contribution in [1.82, 2.24) is 10.2 Å². The van der Waals surface area contributed by atoms with Crippen LogP contribution in [0.15, 0.2) is 0 Å². The molecule has 0 saturated carbocycles. The van der Waals surface area contributed by atoms with Crippen molar-refractivity contribution in [1.29, 1.82) is 0 Å². The normalized spacial score (nSPS) is 13.9. The van der Waals surface area contributed by atoms with Crippen LogP contribution in [0.25, 0.3) is 0 Å². The summed E-state index contributed by atoms with van der Waals surface area (Å²) in [5, 5.41) is 3.53. The van der Waals surface area contributed by atoms with Gasteiger partial charge in [0.25, 0.3) is 0 Å². The van der Waals surface area contributed by atoms with Gasteiger partial charge in [0.2, 0.25) is 0 Å². The summed E-state index contributed by atoms with van der Waals surface area (Å²) >= 11 is 0. The van der Waals surface area contributed by atoms with Crippen molar-refractivity contribution >= 4 is 0 Å². The van der Waals surface area contributed by atoms with E-state index in [1.165, 1.54) is 32.5 Å². The molecule has 104 valence electrons. The van der Waals surface area contributed by atoms with Gasteiger partial charge in [0.05, 0.1) is 0 Å². The zero-order chi connectivity index (χ0) is 13.3. The molecule has 0 bridgehead atoms. The molecule has 0 saturated heterocycles. The highest BCUT2D eigenvalue weighted by atomic mass is 15.1. The first kappa shape index (κ1) is 16.9. The molecule has 0 aliphatic rings. The smallest absolute Gasteiger partial charge is 0.00191 e. The second-order valence-corrected chi connectivity index (χ2v) is 5.70. The van der Waals surface area contributed by atoms with Crippen molar-refractivity contribution in [2.45, 2.75) is 60.4 Å². The average molecular weight is 242 g/mol. The molecule has 0 aromatic rings. The van der Waals surface area contributed by atoms with Gasteiger partial charge in [-0.1, -0.05) is 54.4 Å². The lowest BCUT2D eigenvalue weighted by Crippen LogP contribution is -2.37. The maximum Gasteiger partial charge on any atom is 0.00191 e. The van der Waals surface area contributed by atoms with Gasteiger partial charge >= 0.3 is 0 Å². The number of rotatable bonds is 10. The van der Waals surface area contributed by atoms with Crippen LogP contribution in [0, 0.1) is 11.8 Å². The molecular weight excluding hydrogens is 208 g/mol. The van der Waals surface area contributed by atoms with Crippen LogP contribution in [0.3, 0.4) is 0 Å². The number of hydrogen-bond acceptors (Lipinski definition) is 2. The molecule has 1 unspecified atom stereocenters. The predicted molar refractivity (Wildman–Crippen MR) is 78.5 cm³/mol. The van der Waals surface area contributed by atoms with E-state index in [4.69, 9.17) is 0 Å². The van der Waals surface area contributed by atoms with E-state index in [1.54, 1.807) is 0 Å². The Morgan fingerprint density at radius 1 is 0.941 bits per heavy atom. The fraction of sp³-hybridized carbons (Fsp3) is 1.00. The molecule has 17 heavy (non-hydrogen) atoms. The highest BCUT2D eigenvalue weighted by molar-refractivity contribution is 4.68. The minimum atomic E-state index is 0.603. The van der Waals surface area contributed by atoms with Gasteiger partial charge in [-0.05, 0) is 24.9 Å². The molecule has 0 rings (SSSR count). The van der Waals surface area contributed by atoms with Gasteiger partial charge in [-0.25, -0.2) is 0 Å². The van der Waals surface area contributed by atoms with Crippen molar-refractivity contribution in [3.8, 4) is 0 Å². The molecule has 1 atom stereocenters. The Bertz CT molecular complexity index is 164. The van der Waals surface area contributed by atoms with Crippen molar-refractivity contribution in [3.05, 3.63) is 0 Å². The van der Waals surface area contributed by atoms with E-state index in [-0.39, 0.29) is 0 Å². The van der Waals surface area contributed by atoms with Crippen molar-refractivity contribution in [2.75, 3.05) is 26.2 Å². The first-order valence-electron chi connectivity index (χ1n) is 7.49. The quantitative estimate of drug-likeness (QED) is 0.632. The van der Waals surface area contributed by atoms with E-state index in [0.717, 1.165) is 18.4 Å². The molecule has 2 heteroatoms. The second-order valence-electron chi connectivity index (χ2n) is 5.70. The number of hydrogen-bond donors (Lipinski definition) is 1. The lowest BCUT2D eigenvalue weighted by atomic mass is 10.0. The van der Waals surface area contributed by atoms with E-state index in [9.17, 15) is 0 Å². The zero-order valence-corrected chi connectivity index (χ0v) is 12.9. The Balaban J connectivity index is 3.93. The number of nitrogens with zero attached hydrogens (tertiary/aromatic N) is 1. The largest absolute Gasteiger partial charge is 0.314 e. The Labute approximate surface area is 109 Å². The molecule has 0 aromatic carbocycles. The van der Waals surface area contributed by atoms with Crippen LogP contribution < -0.4 is 5.32 Å². The van der Waals surface area contributed by atoms with E-state index in [0.29, 0.717) is 6.04 Å². The Hall–Kier alpha value is -0.0800. The summed E-state index contributed by atoms with van der Waals surface area (Å²) in [4.78, 5) is 2.62. The fourth-order valence-electron chi connectivity index (χ4n) is 2.19. The predicted octanol–water partition coefficient (Wildman–Crippen LogP) is 3.38. The summed E-state index contributed by atoms with van der Waals surface area (Å²) in [5.41, 5.74) is 0. The third kappa shape index (κ3) is 8.62. The highest BCUT2D eigenvalue weighted by Gasteiger charge is 2.13. The van der Waals surface area contributed by atoms with Gasteiger partial charge in [-0.3, -0.25) is 0 Å². The standard InChI is InChI=1S/C15H34N2/c1-7-15(8-2)12-17(9-3)11-14(6)10-16-13(4)5/h13-16H,7-12H2,1-6H3. The Morgan fingerprint density at radius 3 is 1.94 bits per heavy atom. The Kier molecular flexibility index (Phi) is 9.85. The summed E-state index contributed by atoms with van der Waals surface area (Å²) in [5.74, 6) is 1.62. The molecule has 0 heterocycles. The summed E-state index contributed by atoms with van der Waals surface area (Å²) in [7, 11) is 0. The summed E-state index contributed by atoms with van der Waals surface area (Å²) in [6.07, 6.45) is 2.62. The first-order valence-corrected chi connectivity index (χ1v) is 7.49. The lowest BCUT2D eigenvalue weighted by molar-refractivity contribution is 0.203. The molecule has 0 radical (unpaired) electrons. The van der Waals surface area contributed by atoms with E-state index in [1.807, 2.05) is 0 Å². The van der Waals surface area contributed by atoms with Gasteiger partial charge in [0.1, 0.15) is 0 Å². The molecule has 1 N–H and O–H groups in total. The average Bonchev–Trinajstić information content (AvgIpc) is 2.31. The fourth-order valence-corrected chi connectivity index (χ4v) is 2.19. The maximum absolute atomic E-state index is 3.53. The van der Waals surface area contributed by atoms with Gasteiger partial charge in [0.15, 0.2) is 0 Å². The zero-order valence-electron chi connectivity index (χ0n) is 12.9. The Morgan fingerprint density at radius 2 is 1.53 bits per heavy atom. The topological polar surface area (TPSA) is 15.3 Å². The van der Waals surface area contributed by atoms with E-state index >= 15 is 0 Å². The molecule has 0 aliphatic heterocycles. The molecule has 2 nitrogen and oxygen atoms in total. The third-order valence-corrected chi connectivity index (χ3v) is 3.56. The van der Waals surface area contributed by atoms with Crippen molar-refractivity contribution in [2.24, 2.45) is 11.8 Å². The number of nitrogens with one attached hydrogen (secondary N) is 1. The van der Waals surface area contributed by atoms with Gasteiger partial charge in [-0.2, -0.15) is 0 Å². The summed E-state index contributed by atoms with van der Waals surface area (Å²) in [6, 6.07) is 0.603. The minimum Gasteiger partial charge on any atom is -0.314 e. The molecule has 0 spiro atoms. The van der Waals surface area contributed by atoms with Crippen molar-refractivity contribution < 1.29 is 0 Å². The highest BCUT2D eigenvalue weighted by Crippen LogP contribution is 2.11. The van der Waals surface area contributed by atoms with Crippen LogP contribution in [-0.4, -0.2) is 37.1 Å². The SMILES string of the molecule is CCC(CC)CN(CC)CC(C)CNC(C)C. The van der Waals surface area contributed by atoms with Crippen LogP contribution in [0.1, 0.15) is 54.4 Å². The minimum absolute atomic E-state index is 0.603. The van der Waals surface area contributed by atoms with Crippen LogP contribution in [0.4, 0.5) is 0 Å². The third-order valence-electron chi connectivity index (χ3n) is 3.56. The second kappa shape index (κ2) is 9.90. The maximum atomic E-state index is 3.53. The summed E-state index contributed by atoms with van der Waals surface area (Å²) < 4.78 is 0. The summed E-state index contributed by atoms with van der Waals surface area (Å²) in [6.45, 7) is 18.5. The van der Waals surface area contributed by atoms with Crippen LogP contribution in [0.5, 0.6) is 0 Å². The monoisotopic (exact) mass is 242 g/mol. The van der Waals surface area contributed by atoms with Crippen LogP contribution >= 0.6 is 0 Å². The molecule has 0 fully saturated rings.